The van der Waals surface area contributed by atoms with Gasteiger partial charge in [-0.2, -0.15) is 0 Å². The Labute approximate surface area is 209 Å². The van der Waals surface area contributed by atoms with Gasteiger partial charge in [0.15, 0.2) is 0 Å². The van der Waals surface area contributed by atoms with E-state index in [2.05, 4.69) is 11.9 Å². The largest absolute Gasteiger partial charge is 0.466 e. The monoisotopic (exact) mass is 500 g/mol. The minimum atomic E-state index is -0.719. The van der Waals surface area contributed by atoms with E-state index < -0.39 is 6.04 Å². The van der Waals surface area contributed by atoms with Gasteiger partial charge in [0.2, 0.25) is 5.91 Å². The van der Waals surface area contributed by atoms with Crippen molar-refractivity contribution >= 4 is 35.4 Å². The van der Waals surface area contributed by atoms with Crippen LogP contribution < -0.4 is 5.32 Å². The molecule has 35 heavy (non-hydrogen) atoms. The maximum atomic E-state index is 13.5. The number of carbonyl (C=O) groups excluding carboxylic acids is 4. The molecule has 2 atom stereocenters. The predicted octanol–water partition coefficient (Wildman–Crippen LogP) is 2.49. The Hall–Kier alpha value is -3.33. The fourth-order valence-electron chi connectivity index (χ4n) is 4.86. The number of benzene rings is 1. The van der Waals surface area contributed by atoms with E-state index in [-0.39, 0.29) is 55.9 Å². The third-order valence-electron chi connectivity index (χ3n) is 6.54. The highest BCUT2D eigenvalue weighted by atomic mass is 35.5. The Balaban J connectivity index is 1.54. The number of halogens is 1. The van der Waals surface area contributed by atoms with E-state index in [1.165, 1.54) is 9.80 Å². The number of rotatable bonds is 7. The number of amides is 4. The molecular weight excluding hydrogens is 472 g/mol. The molecule has 10 heteroatoms. The molecule has 1 fully saturated rings. The molecular formula is C25H29ClN4O5. The lowest BCUT2D eigenvalue weighted by Gasteiger charge is -2.33. The van der Waals surface area contributed by atoms with Crippen molar-refractivity contribution in [3.05, 3.63) is 58.8 Å². The van der Waals surface area contributed by atoms with Gasteiger partial charge >= 0.3 is 12.0 Å². The fourth-order valence-corrected chi connectivity index (χ4v) is 5.11. The number of urea groups is 1. The van der Waals surface area contributed by atoms with Crippen molar-refractivity contribution in [3.8, 4) is 0 Å². The average molecular weight is 501 g/mol. The van der Waals surface area contributed by atoms with Crippen molar-refractivity contribution in [2.75, 3.05) is 39.3 Å². The number of nitrogens with zero attached hydrogens (tertiary/aromatic N) is 3. The summed E-state index contributed by atoms with van der Waals surface area (Å²) in [6, 6.07) is 5.97. The molecule has 0 saturated carbocycles. The quantitative estimate of drug-likeness (QED) is 0.458. The molecule has 0 radical (unpaired) electrons. The molecule has 9 nitrogen and oxygen atoms in total. The Morgan fingerprint density at radius 3 is 2.77 bits per heavy atom. The second-order valence-electron chi connectivity index (χ2n) is 8.76. The lowest BCUT2D eigenvalue weighted by Crippen LogP contribution is -2.47. The van der Waals surface area contributed by atoms with Crippen LogP contribution >= 0.6 is 11.6 Å². The van der Waals surface area contributed by atoms with Gasteiger partial charge in [-0.15, -0.1) is 6.58 Å². The second-order valence-corrected chi connectivity index (χ2v) is 9.16. The number of esters is 1. The zero-order chi connectivity index (χ0) is 25.1. The SMILES string of the molecule is C=CCN1C(=O)NC(c2ccccc2Cl)C2=C1CN(CC(=O)N1CCCC(C(=O)OCC)C1)C2=O. The first-order valence-corrected chi connectivity index (χ1v) is 12.1. The van der Waals surface area contributed by atoms with Gasteiger partial charge in [-0.1, -0.05) is 35.9 Å². The Bertz CT molecular complexity index is 1090. The number of hydrogen-bond donors (Lipinski definition) is 1. The molecule has 0 aromatic heterocycles. The number of likely N-dealkylation sites (tertiary alicyclic amines) is 1. The summed E-state index contributed by atoms with van der Waals surface area (Å²) in [6.07, 6.45) is 2.95. The van der Waals surface area contributed by atoms with Crippen molar-refractivity contribution < 1.29 is 23.9 Å². The van der Waals surface area contributed by atoms with Crippen LogP contribution in [0.15, 0.2) is 48.2 Å². The van der Waals surface area contributed by atoms with Gasteiger partial charge in [-0.25, -0.2) is 4.79 Å². The number of carbonyl (C=O) groups is 4. The van der Waals surface area contributed by atoms with Gasteiger partial charge in [0.1, 0.15) is 6.54 Å². The van der Waals surface area contributed by atoms with Gasteiger partial charge in [0, 0.05) is 24.7 Å². The molecule has 1 aromatic carbocycles. The molecule has 0 aliphatic carbocycles. The van der Waals surface area contributed by atoms with Crippen LogP contribution in [0.25, 0.3) is 0 Å². The van der Waals surface area contributed by atoms with E-state index >= 15 is 0 Å². The highest BCUT2D eigenvalue weighted by molar-refractivity contribution is 6.31. The summed E-state index contributed by atoms with van der Waals surface area (Å²) in [5.74, 6) is -1.23. The van der Waals surface area contributed by atoms with Crippen LogP contribution in [0.5, 0.6) is 0 Å². The second kappa shape index (κ2) is 10.5. The van der Waals surface area contributed by atoms with Crippen LogP contribution in [0.3, 0.4) is 0 Å². The standard InChI is InChI=1S/C25H29ClN4O5/c1-3-11-30-19-14-29(15-20(31)28-12-7-8-16(13-28)24(33)35-4-2)23(32)21(19)22(27-25(30)34)17-9-5-6-10-18(17)26/h3,5-6,9-10,16,22H,1,4,7-8,11-15H2,2H3,(H,27,34). The summed E-state index contributed by atoms with van der Waals surface area (Å²) in [4.78, 5) is 56.3. The zero-order valence-corrected chi connectivity index (χ0v) is 20.4. The molecule has 186 valence electrons. The smallest absolute Gasteiger partial charge is 0.322 e. The molecule has 0 spiro atoms. The third-order valence-corrected chi connectivity index (χ3v) is 6.89. The Morgan fingerprint density at radius 1 is 1.29 bits per heavy atom. The van der Waals surface area contributed by atoms with Gasteiger partial charge < -0.3 is 19.9 Å². The Kier molecular flexibility index (Phi) is 7.45. The Morgan fingerprint density at radius 2 is 2.06 bits per heavy atom. The number of hydrogen-bond acceptors (Lipinski definition) is 5. The van der Waals surface area contributed by atoms with Crippen LogP contribution in [0.4, 0.5) is 4.79 Å². The van der Waals surface area contributed by atoms with Crippen LogP contribution in [0.1, 0.15) is 31.4 Å². The maximum absolute atomic E-state index is 13.5. The first-order chi connectivity index (χ1) is 16.8. The van der Waals surface area contributed by atoms with Crippen molar-refractivity contribution in [2.24, 2.45) is 5.92 Å². The predicted molar refractivity (Wildman–Crippen MR) is 129 cm³/mol. The summed E-state index contributed by atoms with van der Waals surface area (Å²) in [5, 5.41) is 3.31. The van der Waals surface area contributed by atoms with Crippen molar-refractivity contribution in [1.29, 1.82) is 0 Å². The van der Waals surface area contributed by atoms with Gasteiger partial charge in [0.05, 0.1) is 36.4 Å². The third kappa shape index (κ3) is 4.91. The molecule has 1 aromatic rings. The molecule has 4 rings (SSSR count). The van der Waals surface area contributed by atoms with Crippen LogP contribution in [0.2, 0.25) is 5.02 Å². The molecule has 3 heterocycles. The molecule has 0 bridgehead atoms. The summed E-state index contributed by atoms with van der Waals surface area (Å²) in [6.45, 7) is 6.76. The van der Waals surface area contributed by atoms with E-state index in [4.69, 9.17) is 16.3 Å². The van der Waals surface area contributed by atoms with Gasteiger partial charge in [0.25, 0.3) is 5.91 Å². The summed E-state index contributed by atoms with van der Waals surface area (Å²) in [7, 11) is 0. The van der Waals surface area contributed by atoms with Crippen LogP contribution in [0, 0.1) is 5.92 Å². The molecule has 2 unspecified atom stereocenters. The van der Waals surface area contributed by atoms with Crippen LogP contribution in [-0.2, 0) is 19.1 Å². The molecule has 1 N–H and O–H groups in total. The highest BCUT2D eigenvalue weighted by Gasteiger charge is 2.45. The maximum Gasteiger partial charge on any atom is 0.322 e. The normalized spacial score (nSPS) is 22.2. The average Bonchev–Trinajstić information content (AvgIpc) is 3.17. The number of nitrogens with one attached hydrogen (secondary N) is 1. The van der Waals surface area contributed by atoms with Crippen molar-refractivity contribution in [3.63, 3.8) is 0 Å². The van der Waals surface area contributed by atoms with Gasteiger partial charge in [-0.05, 0) is 31.4 Å². The van der Waals surface area contributed by atoms with Crippen molar-refractivity contribution in [2.45, 2.75) is 25.8 Å². The van der Waals surface area contributed by atoms with E-state index in [1.807, 2.05) is 0 Å². The topological polar surface area (TPSA) is 99.3 Å². The molecule has 4 amide bonds. The highest BCUT2D eigenvalue weighted by Crippen LogP contribution is 2.38. The minimum absolute atomic E-state index is 0.122. The van der Waals surface area contributed by atoms with E-state index in [0.717, 1.165) is 0 Å². The van der Waals surface area contributed by atoms with E-state index in [1.54, 1.807) is 42.2 Å². The van der Waals surface area contributed by atoms with Crippen LogP contribution in [-0.4, -0.2) is 77.8 Å². The molecule has 3 aliphatic heterocycles. The number of ether oxygens (including phenoxy) is 1. The lowest BCUT2D eigenvalue weighted by molar-refractivity contribution is -0.152. The number of piperidine rings is 1. The fraction of sp³-hybridized carbons (Fsp3) is 0.440. The van der Waals surface area contributed by atoms with E-state index in [0.29, 0.717) is 47.8 Å². The minimum Gasteiger partial charge on any atom is -0.466 e. The molecule has 1 saturated heterocycles. The zero-order valence-electron chi connectivity index (χ0n) is 19.7. The molecule has 3 aliphatic rings. The van der Waals surface area contributed by atoms with Crippen molar-refractivity contribution in [1.82, 2.24) is 20.0 Å². The first kappa shape index (κ1) is 24.8. The lowest BCUT2D eigenvalue weighted by atomic mass is 9.95. The van der Waals surface area contributed by atoms with E-state index in [9.17, 15) is 19.2 Å². The van der Waals surface area contributed by atoms with Gasteiger partial charge in [-0.3, -0.25) is 19.3 Å². The summed E-state index contributed by atoms with van der Waals surface area (Å²) < 4.78 is 5.12. The summed E-state index contributed by atoms with van der Waals surface area (Å²) in [5.41, 5.74) is 1.55. The summed E-state index contributed by atoms with van der Waals surface area (Å²) >= 11 is 6.40. The first-order valence-electron chi connectivity index (χ1n) is 11.8.